The number of hydrogen-bond donors (Lipinski definition) is 0. The minimum Gasteiger partial charge on any atom is -0.298 e. The Labute approximate surface area is 129 Å². The predicted octanol–water partition coefficient (Wildman–Crippen LogP) is 4.86. The highest BCUT2D eigenvalue weighted by molar-refractivity contribution is 8.00. The summed E-state index contributed by atoms with van der Waals surface area (Å²) in [5, 5.41) is 0.706. The molecule has 0 saturated heterocycles. The van der Waals surface area contributed by atoms with Crippen molar-refractivity contribution in [2.45, 2.75) is 25.2 Å². The Morgan fingerprint density at radius 2 is 1.95 bits per heavy atom. The fourth-order valence-electron chi connectivity index (χ4n) is 1.97. The number of Topliss-reactive ketones (excluding diaryl/α,β-unsaturated/α-hetero) is 1. The zero-order valence-corrected chi connectivity index (χ0v) is 13.2. The Balaban J connectivity index is 1.94. The second kappa shape index (κ2) is 6.96. The van der Waals surface area contributed by atoms with Crippen LogP contribution in [-0.4, -0.2) is 11.5 Å². The monoisotopic (exact) mass is 304 g/mol. The van der Waals surface area contributed by atoms with Crippen molar-refractivity contribution in [3.8, 4) is 0 Å². The van der Waals surface area contributed by atoms with Crippen LogP contribution in [0.2, 0.25) is 5.02 Å². The normalized spacial score (nSPS) is 10.6. The Morgan fingerprint density at radius 3 is 2.70 bits per heavy atom. The zero-order valence-electron chi connectivity index (χ0n) is 11.7. The van der Waals surface area contributed by atoms with Crippen molar-refractivity contribution >= 4 is 29.1 Å². The molecule has 2 aromatic carbocycles. The van der Waals surface area contributed by atoms with Crippen LogP contribution in [-0.2, 0) is 11.2 Å². The molecule has 3 heteroatoms. The lowest BCUT2D eigenvalue weighted by molar-refractivity contribution is -0.116. The summed E-state index contributed by atoms with van der Waals surface area (Å²) < 4.78 is 0. The lowest BCUT2D eigenvalue weighted by atomic mass is 10.0. The topological polar surface area (TPSA) is 17.1 Å². The molecule has 2 rings (SSSR count). The van der Waals surface area contributed by atoms with Gasteiger partial charge >= 0.3 is 0 Å². The van der Waals surface area contributed by atoms with Crippen molar-refractivity contribution in [2.24, 2.45) is 0 Å². The molecule has 0 atom stereocenters. The van der Waals surface area contributed by atoms with Crippen LogP contribution < -0.4 is 0 Å². The summed E-state index contributed by atoms with van der Waals surface area (Å²) in [6.07, 6.45) is 0.501. The number of thioether (sulfide) groups is 1. The Hall–Kier alpha value is -1.25. The maximum atomic E-state index is 12.1. The summed E-state index contributed by atoms with van der Waals surface area (Å²) >= 11 is 7.47. The van der Waals surface area contributed by atoms with Gasteiger partial charge in [-0.2, -0.15) is 0 Å². The van der Waals surface area contributed by atoms with Crippen LogP contribution in [0.5, 0.6) is 0 Å². The van der Waals surface area contributed by atoms with Gasteiger partial charge in [0, 0.05) is 16.3 Å². The number of rotatable bonds is 5. The largest absolute Gasteiger partial charge is 0.298 e. The standard InChI is InChI=1S/C17H17ClOS/c1-12-6-7-13(2)14(8-12)9-16(19)11-20-17-5-3-4-15(18)10-17/h3-8,10H,9,11H2,1-2H3. The molecule has 0 bridgehead atoms. The average molecular weight is 305 g/mol. The number of benzene rings is 2. The molecule has 0 aliphatic heterocycles. The van der Waals surface area contributed by atoms with E-state index in [0.29, 0.717) is 17.2 Å². The van der Waals surface area contributed by atoms with E-state index in [2.05, 4.69) is 18.2 Å². The second-order valence-corrected chi connectivity index (χ2v) is 6.38. The van der Waals surface area contributed by atoms with Crippen molar-refractivity contribution in [2.75, 3.05) is 5.75 Å². The van der Waals surface area contributed by atoms with Gasteiger partial charge in [0.2, 0.25) is 0 Å². The fourth-order valence-corrected chi connectivity index (χ4v) is 3.04. The van der Waals surface area contributed by atoms with Crippen LogP contribution in [0, 0.1) is 13.8 Å². The maximum absolute atomic E-state index is 12.1. The first-order chi connectivity index (χ1) is 9.54. The molecule has 0 saturated carbocycles. The quantitative estimate of drug-likeness (QED) is 0.734. The smallest absolute Gasteiger partial charge is 0.147 e. The second-order valence-electron chi connectivity index (χ2n) is 4.89. The first-order valence-electron chi connectivity index (χ1n) is 6.51. The van der Waals surface area contributed by atoms with E-state index in [1.165, 1.54) is 22.9 Å². The molecule has 0 fully saturated rings. The van der Waals surface area contributed by atoms with E-state index in [1.807, 2.05) is 38.1 Å². The number of carbonyl (C=O) groups excluding carboxylic acids is 1. The van der Waals surface area contributed by atoms with Gasteiger partial charge in [-0.3, -0.25) is 4.79 Å². The van der Waals surface area contributed by atoms with E-state index in [9.17, 15) is 4.79 Å². The number of carbonyl (C=O) groups is 1. The number of aryl methyl sites for hydroxylation is 2. The molecule has 0 heterocycles. The highest BCUT2D eigenvalue weighted by atomic mass is 35.5. The van der Waals surface area contributed by atoms with Gasteiger partial charge in [-0.15, -0.1) is 11.8 Å². The SMILES string of the molecule is Cc1ccc(C)c(CC(=O)CSc2cccc(Cl)c2)c1. The molecule has 0 unspecified atom stereocenters. The van der Waals surface area contributed by atoms with E-state index in [4.69, 9.17) is 11.6 Å². The van der Waals surface area contributed by atoms with Crippen LogP contribution >= 0.6 is 23.4 Å². The molecule has 1 nitrogen and oxygen atoms in total. The molecule has 0 amide bonds. The lowest BCUT2D eigenvalue weighted by Crippen LogP contribution is -2.07. The zero-order chi connectivity index (χ0) is 14.5. The molecular formula is C17H17ClOS. The van der Waals surface area contributed by atoms with Gasteiger partial charge in [-0.25, -0.2) is 0 Å². The maximum Gasteiger partial charge on any atom is 0.147 e. The third-order valence-corrected chi connectivity index (χ3v) is 4.38. The van der Waals surface area contributed by atoms with Crippen LogP contribution in [0.1, 0.15) is 16.7 Å². The van der Waals surface area contributed by atoms with E-state index >= 15 is 0 Å². The number of hydrogen-bond acceptors (Lipinski definition) is 2. The Morgan fingerprint density at radius 1 is 1.15 bits per heavy atom. The van der Waals surface area contributed by atoms with Gasteiger partial charge in [-0.05, 0) is 43.2 Å². The van der Waals surface area contributed by atoms with E-state index < -0.39 is 0 Å². The Kier molecular flexibility index (Phi) is 5.27. The molecule has 0 aliphatic rings. The number of halogens is 1. The van der Waals surface area contributed by atoms with Crippen LogP contribution in [0.15, 0.2) is 47.4 Å². The fraction of sp³-hybridized carbons (Fsp3) is 0.235. The van der Waals surface area contributed by atoms with Gasteiger partial charge < -0.3 is 0 Å². The summed E-state index contributed by atoms with van der Waals surface area (Å²) in [5.74, 6) is 0.719. The summed E-state index contributed by atoms with van der Waals surface area (Å²) in [6, 6.07) is 13.8. The van der Waals surface area contributed by atoms with Crippen LogP contribution in [0.4, 0.5) is 0 Å². The number of ketones is 1. The van der Waals surface area contributed by atoms with Gasteiger partial charge in [0.05, 0.1) is 5.75 Å². The highest BCUT2D eigenvalue weighted by Gasteiger charge is 2.07. The highest BCUT2D eigenvalue weighted by Crippen LogP contribution is 2.22. The molecule has 104 valence electrons. The third-order valence-electron chi connectivity index (χ3n) is 3.09. The molecule has 0 aromatic heterocycles. The Bertz CT molecular complexity index is 622. The van der Waals surface area contributed by atoms with Crippen molar-refractivity contribution in [3.63, 3.8) is 0 Å². The van der Waals surface area contributed by atoms with E-state index in [0.717, 1.165) is 10.5 Å². The average Bonchev–Trinajstić information content (AvgIpc) is 2.41. The first-order valence-corrected chi connectivity index (χ1v) is 7.87. The third kappa shape index (κ3) is 4.39. The van der Waals surface area contributed by atoms with Gasteiger partial charge in [-0.1, -0.05) is 41.4 Å². The molecule has 0 N–H and O–H groups in total. The predicted molar refractivity (Wildman–Crippen MR) is 86.8 cm³/mol. The minimum absolute atomic E-state index is 0.240. The van der Waals surface area contributed by atoms with E-state index in [1.54, 1.807) is 0 Å². The van der Waals surface area contributed by atoms with Gasteiger partial charge in [0.15, 0.2) is 0 Å². The summed E-state index contributed by atoms with van der Waals surface area (Å²) in [7, 11) is 0. The van der Waals surface area contributed by atoms with Gasteiger partial charge in [0.25, 0.3) is 0 Å². The van der Waals surface area contributed by atoms with E-state index in [-0.39, 0.29) is 5.78 Å². The van der Waals surface area contributed by atoms with Gasteiger partial charge in [0.1, 0.15) is 5.78 Å². The lowest BCUT2D eigenvalue weighted by Gasteiger charge is -2.07. The summed E-state index contributed by atoms with van der Waals surface area (Å²) in [4.78, 5) is 13.1. The van der Waals surface area contributed by atoms with Crippen LogP contribution in [0.25, 0.3) is 0 Å². The summed E-state index contributed by atoms with van der Waals surface area (Å²) in [5.41, 5.74) is 3.50. The summed E-state index contributed by atoms with van der Waals surface area (Å²) in [6.45, 7) is 4.10. The molecule has 0 spiro atoms. The van der Waals surface area contributed by atoms with Crippen molar-refractivity contribution in [1.82, 2.24) is 0 Å². The van der Waals surface area contributed by atoms with Crippen molar-refractivity contribution in [3.05, 3.63) is 64.2 Å². The molecule has 0 aliphatic carbocycles. The molecule has 20 heavy (non-hydrogen) atoms. The van der Waals surface area contributed by atoms with Crippen LogP contribution in [0.3, 0.4) is 0 Å². The van der Waals surface area contributed by atoms with Crippen molar-refractivity contribution in [1.29, 1.82) is 0 Å². The van der Waals surface area contributed by atoms with Crippen molar-refractivity contribution < 1.29 is 4.79 Å². The molecule has 2 aromatic rings. The molecule has 0 radical (unpaired) electrons. The molecular weight excluding hydrogens is 288 g/mol. The minimum atomic E-state index is 0.240. The first kappa shape index (κ1) is 15.1.